The fourth-order valence-corrected chi connectivity index (χ4v) is 4.24. The first-order valence-corrected chi connectivity index (χ1v) is 10.9. The van der Waals surface area contributed by atoms with Gasteiger partial charge in [0.05, 0.1) is 18.4 Å². The van der Waals surface area contributed by atoms with Crippen molar-refractivity contribution >= 4 is 34.7 Å². The zero-order chi connectivity index (χ0) is 20.1. The molecule has 29 heavy (non-hydrogen) atoms. The number of nitrogens with zero attached hydrogens (tertiary/aromatic N) is 3. The lowest BCUT2D eigenvalue weighted by Gasteiger charge is -2.04. The number of hydrogen-bond acceptors (Lipinski definition) is 8. The Morgan fingerprint density at radius 2 is 1.93 bits per heavy atom. The zero-order valence-corrected chi connectivity index (χ0v) is 17.8. The van der Waals surface area contributed by atoms with E-state index in [0.29, 0.717) is 27.6 Å². The van der Waals surface area contributed by atoms with Crippen LogP contribution >= 0.6 is 34.7 Å². The highest BCUT2D eigenvalue weighted by molar-refractivity contribution is 7.98. The summed E-state index contributed by atoms with van der Waals surface area (Å²) in [5.41, 5.74) is 1.92. The van der Waals surface area contributed by atoms with Crippen LogP contribution in [0.4, 0.5) is 0 Å². The molecule has 0 saturated carbocycles. The number of para-hydroxylation sites is 1. The third-order valence-electron chi connectivity index (χ3n) is 3.86. The van der Waals surface area contributed by atoms with Gasteiger partial charge in [0.1, 0.15) is 16.5 Å². The fraction of sp³-hybridized carbons (Fsp3) is 0.150. The van der Waals surface area contributed by atoms with Crippen molar-refractivity contribution in [2.24, 2.45) is 0 Å². The van der Waals surface area contributed by atoms with E-state index in [1.807, 2.05) is 29.6 Å². The summed E-state index contributed by atoms with van der Waals surface area (Å²) in [6, 6.07) is 14.9. The smallest absolute Gasteiger partial charge is 0.277 e. The molecule has 0 fully saturated rings. The number of ether oxygens (including phenoxy) is 2. The number of thiazole rings is 1. The average molecular weight is 446 g/mol. The van der Waals surface area contributed by atoms with Gasteiger partial charge in [-0.25, -0.2) is 4.98 Å². The SMILES string of the molecule is COc1ccccc1-c1nc(CSc2nnc(COc3ccc(Cl)cc3)o2)cs1. The minimum absolute atomic E-state index is 0.198. The molecule has 148 valence electrons. The Hall–Kier alpha value is -2.55. The topological polar surface area (TPSA) is 70.3 Å². The van der Waals surface area contributed by atoms with Gasteiger partial charge < -0.3 is 13.9 Å². The highest BCUT2D eigenvalue weighted by Crippen LogP contribution is 2.33. The number of methoxy groups -OCH3 is 1. The number of benzene rings is 2. The predicted molar refractivity (Wildman–Crippen MR) is 114 cm³/mol. The molecular weight excluding hydrogens is 430 g/mol. The lowest BCUT2D eigenvalue weighted by Crippen LogP contribution is -1.95. The molecule has 2 heterocycles. The highest BCUT2D eigenvalue weighted by Gasteiger charge is 2.12. The van der Waals surface area contributed by atoms with Gasteiger partial charge in [0.15, 0.2) is 6.61 Å². The second kappa shape index (κ2) is 9.30. The standard InChI is InChI=1S/C20H16ClN3O3S2/c1-25-17-5-3-2-4-16(17)19-22-14(11-28-19)12-29-20-24-23-18(27-20)10-26-15-8-6-13(21)7-9-15/h2-9,11H,10,12H2,1H3. The van der Waals surface area contributed by atoms with Crippen molar-refractivity contribution in [2.45, 2.75) is 17.6 Å². The van der Waals surface area contributed by atoms with E-state index in [1.165, 1.54) is 11.8 Å². The molecule has 0 radical (unpaired) electrons. The molecule has 0 spiro atoms. The average Bonchev–Trinajstić information content (AvgIpc) is 3.41. The second-order valence-electron chi connectivity index (χ2n) is 5.84. The zero-order valence-electron chi connectivity index (χ0n) is 15.4. The summed E-state index contributed by atoms with van der Waals surface area (Å²) in [5.74, 6) is 2.54. The van der Waals surface area contributed by atoms with Crippen molar-refractivity contribution in [1.29, 1.82) is 0 Å². The molecule has 0 amide bonds. The summed E-state index contributed by atoms with van der Waals surface area (Å²) in [7, 11) is 1.66. The summed E-state index contributed by atoms with van der Waals surface area (Å²) in [6.07, 6.45) is 0. The molecule has 0 atom stereocenters. The Morgan fingerprint density at radius 1 is 1.10 bits per heavy atom. The number of thioether (sulfide) groups is 1. The van der Waals surface area contributed by atoms with Crippen LogP contribution in [0.3, 0.4) is 0 Å². The highest BCUT2D eigenvalue weighted by atomic mass is 35.5. The van der Waals surface area contributed by atoms with Gasteiger partial charge in [-0.15, -0.1) is 21.5 Å². The molecule has 4 aromatic rings. The lowest BCUT2D eigenvalue weighted by molar-refractivity contribution is 0.252. The van der Waals surface area contributed by atoms with Gasteiger partial charge in [0, 0.05) is 16.2 Å². The van der Waals surface area contributed by atoms with Gasteiger partial charge in [-0.1, -0.05) is 35.5 Å². The van der Waals surface area contributed by atoms with Crippen LogP contribution in [-0.2, 0) is 12.4 Å². The van der Waals surface area contributed by atoms with Crippen LogP contribution < -0.4 is 9.47 Å². The van der Waals surface area contributed by atoms with Crippen molar-refractivity contribution in [3.63, 3.8) is 0 Å². The van der Waals surface area contributed by atoms with Crippen molar-refractivity contribution in [1.82, 2.24) is 15.2 Å². The maximum atomic E-state index is 5.86. The number of halogens is 1. The van der Waals surface area contributed by atoms with Crippen LogP contribution in [0.5, 0.6) is 11.5 Å². The first kappa shape index (κ1) is 19.8. The van der Waals surface area contributed by atoms with Gasteiger partial charge in [-0.3, -0.25) is 0 Å². The first-order chi connectivity index (χ1) is 14.2. The summed E-state index contributed by atoms with van der Waals surface area (Å²) in [6.45, 7) is 0.198. The Bertz CT molecular complexity index is 1080. The van der Waals surface area contributed by atoms with E-state index in [2.05, 4.69) is 15.2 Å². The van der Waals surface area contributed by atoms with Crippen LogP contribution in [0.2, 0.25) is 5.02 Å². The lowest BCUT2D eigenvalue weighted by atomic mass is 10.2. The Labute approximate surface area is 180 Å². The number of rotatable bonds is 8. The van der Waals surface area contributed by atoms with Gasteiger partial charge >= 0.3 is 0 Å². The van der Waals surface area contributed by atoms with Crippen molar-refractivity contribution < 1.29 is 13.9 Å². The molecule has 0 N–H and O–H groups in total. The van der Waals surface area contributed by atoms with Gasteiger partial charge in [-0.05, 0) is 36.4 Å². The third-order valence-corrected chi connectivity index (χ3v) is 5.89. The molecule has 2 aromatic carbocycles. The molecule has 0 bridgehead atoms. The van der Waals surface area contributed by atoms with E-state index in [9.17, 15) is 0 Å². The molecule has 2 aromatic heterocycles. The molecule has 0 aliphatic heterocycles. The van der Waals surface area contributed by atoms with Crippen LogP contribution in [0, 0.1) is 0 Å². The molecule has 6 nitrogen and oxygen atoms in total. The van der Waals surface area contributed by atoms with Gasteiger partial charge in [0.2, 0.25) is 0 Å². The van der Waals surface area contributed by atoms with E-state index < -0.39 is 0 Å². The predicted octanol–water partition coefficient (Wildman–Crippen LogP) is 5.73. The van der Waals surface area contributed by atoms with Crippen LogP contribution in [-0.4, -0.2) is 22.3 Å². The van der Waals surface area contributed by atoms with Crippen molar-refractivity contribution in [2.75, 3.05) is 7.11 Å². The van der Waals surface area contributed by atoms with E-state index in [1.54, 1.807) is 42.7 Å². The normalized spacial score (nSPS) is 10.8. The summed E-state index contributed by atoms with van der Waals surface area (Å²) in [4.78, 5) is 4.69. The minimum atomic E-state index is 0.198. The monoisotopic (exact) mass is 445 g/mol. The first-order valence-electron chi connectivity index (χ1n) is 8.62. The van der Waals surface area contributed by atoms with Gasteiger partial charge in [-0.2, -0.15) is 0 Å². The molecular formula is C20H16ClN3O3S2. The fourth-order valence-electron chi connectivity index (χ4n) is 2.48. The molecule has 4 rings (SSSR count). The van der Waals surface area contributed by atoms with Gasteiger partial charge in [0.25, 0.3) is 11.1 Å². The van der Waals surface area contributed by atoms with E-state index in [-0.39, 0.29) is 6.61 Å². The van der Waals surface area contributed by atoms with E-state index in [4.69, 9.17) is 25.5 Å². The maximum absolute atomic E-state index is 5.86. The third kappa shape index (κ3) is 5.09. The minimum Gasteiger partial charge on any atom is -0.496 e. The van der Waals surface area contributed by atoms with Crippen LogP contribution in [0.1, 0.15) is 11.6 Å². The quantitative estimate of drug-likeness (QED) is 0.321. The summed E-state index contributed by atoms with van der Waals surface area (Å²) in [5, 5.41) is 12.1. The van der Waals surface area contributed by atoms with Crippen LogP contribution in [0.25, 0.3) is 10.6 Å². The molecule has 0 aliphatic rings. The number of aromatic nitrogens is 3. The largest absolute Gasteiger partial charge is 0.496 e. The Kier molecular flexibility index (Phi) is 6.33. The maximum Gasteiger partial charge on any atom is 0.277 e. The molecule has 0 saturated heterocycles. The van der Waals surface area contributed by atoms with Crippen LogP contribution in [0.15, 0.2) is 63.6 Å². The second-order valence-corrected chi connectivity index (χ2v) is 8.06. The molecule has 0 aliphatic carbocycles. The Morgan fingerprint density at radius 3 is 2.76 bits per heavy atom. The van der Waals surface area contributed by atoms with Crippen molar-refractivity contribution in [3.8, 4) is 22.1 Å². The Balaban J connectivity index is 1.33. The summed E-state index contributed by atoms with van der Waals surface area (Å²) >= 11 is 8.87. The molecule has 0 unspecified atom stereocenters. The van der Waals surface area contributed by atoms with E-state index in [0.717, 1.165) is 22.0 Å². The van der Waals surface area contributed by atoms with E-state index >= 15 is 0 Å². The number of hydrogen-bond donors (Lipinski definition) is 0. The summed E-state index contributed by atoms with van der Waals surface area (Å²) < 4.78 is 16.6. The molecule has 9 heteroatoms. The van der Waals surface area contributed by atoms with Crippen molar-refractivity contribution in [3.05, 3.63) is 70.5 Å².